The van der Waals surface area contributed by atoms with E-state index in [9.17, 15) is 0 Å². The molecule has 2 heterocycles. The van der Waals surface area contributed by atoms with E-state index in [-0.39, 0.29) is 0 Å². The smallest absolute Gasteiger partial charge is 0.128 e. The summed E-state index contributed by atoms with van der Waals surface area (Å²) in [5.41, 5.74) is 0. The molecule has 1 aromatic heterocycles. The minimum Gasteiger partial charge on any atom is -0.370 e. The van der Waals surface area contributed by atoms with Gasteiger partial charge < -0.3 is 15.5 Å². The lowest BCUT2D eigenvalue weighted by Gasteiger charge is -2.35. The summed E-state index contributed by atoms with van der Waals surface area (Å²) in [6, 6.07) is 7.33. The van der Waals surface area contributed by atoms with Gasteiger partial charge in [-0.2, -0.15) is 0 Å². The Morgan fingerprint density at radius 3 is 2.89 bits per heavy atom. The standard InChI is InChI=1S/C15H26N4/c1-4-9-16-14-6-5-7-15(18-14)17-13-8-10-19(3)12(2)11-13/h5-7,12-13H,4,8-11H2,1-3H3,(H2,16,17,18). The summed E-state index contributed by atoms with van der Waals surface area (Å²) in [5.74, 6) is 1.95. The van der Waals surface area contributed by atoms with E-state index in [4.69, 9.17) is 0 Å². The van der Waals surface area contributed by atoms with Crippen LogP contribution < -0.4 is 10.6 Å². The number of pyridine rings is 1. The Kier molecular flexibility index (Phi) is 5.02. The molecule has 0 amide bonds. The first-order chi connectivity index (χ1) is 9.19. The fourth-order valence-corrected chi connectivity index (χ4v) is 2.50. The summed E-state index contributed by atoms with van der Waals surface area (Å²) < 4.78 is 0. The summed E-state index contributed by atoms with van der Waals surface area (Å²) in [4.78, 5) is 7.03. The van der Waals surface area contributed by atoms with Crippen LogP contribution in [-0.2, 0) is 0 Å². The third-order valence-electron chi connectivity index (χ3n) is 3.87. The van der Waals surface area contributed by atoms with Gasteiger partial charge in [0, 0.05) is 25.2 Å². The van der Waals surface area contributed by atoms with Crippen LogP contribution in [0.15, 0.2) is 18.2 Å². The second kappa shape index (κ2) is 6.75. The molecule has 4 heteroatoms. The Labute approximate surface area is 116 Å². The second-order valence-electron chi connectivity index (χ2n) is 5.53. The number of piperidine rings is 1. The van der Waals surface area contributed by atoms with Gasteiger partial charge in [0.2, 0.25) is 0 Å². The van der Waals surface area contributed by atoms with E-state index < -0.39 is 0 Å². The summed E-state index contributed by atoms with van der Waals surface area (Å²) >= 11 is 0. The van der Waals surface area contributed by atoms with Crippen LogP contribution in [0.4, 0.5) is 11.6 Å². The van der Waals surface area contributed by atoms with Gasteiger partial charge in [0.15, 0.2) is 0 Å². The van der Waals surface area contributed by atoms with E-state index in [1.54, 1.807) is 0 Å². The minimum atomic E-state index is 0.542. The topological polar surface area (TPSA) is 40.2 Å². The Hall–Kier alpha value is -1.29. The fourth-order valence-electron chi connectivity index (χ4n) is 2.50. The van der Waals surface area contributed by atoms with Gasteiger partial charge in [-0.25, -0.2) is 4.98 Å². The molecule has 4 nitrogen and oxygen atoms in total. The van der Waals surface area contributed by atoms with Crippen LogP contribution in [0, 0.1) is 0 Å². The predicted octanol–water partition coefficient (Wildman–Crippen LogP) is 2.80. The van der Waals surface area contributed by atoms with Crippen molar-refractivity contribution >= 4 is 11.6 Å². The van der Waals surface area contributed by atoms with E-state index in [2.05, 4.69) is 53.5 Å². The van der Waals surface area contributed by atoms with E-state index in [0.717, 1.165) is 31.1 Å². The molecule has 2 rings (SSSR count). The van der Waals surface area contributed by atoms with Crippen LogP contribution in [-0.4, -0.2) is 42.1 Å². The molecule has 1 aliphatic heterocycles. The van der Waals surface area contributed by atoms with Crippen molar-refractivity contribution in [2.75, 3.05) is 30.8 Å². The predicted molar refractivity (Wildman–Crippen MR) is 81.8 cm³/mol. The first-order valence-corrected chi connectivity index (χ1v) is 7.36. The lowest BCUT2D eigenvalue weighted by Crippen LogP contribution is -2.42. The molecule has 1 aromatic rings. The Morgan fingerprint density at radius 2 is 2.16 bits per heavy atom. The molecule has 1 aliphatic rings. The van der Waals surface area contributed by atoms with Crippen LogP contribution in [0.3, 0.4) is 0 Å². The quantitative estimate of drug-likeness (QED) is 0.856. The van der Waals surface area contributed by atoms with Crippen molar-refractivity contribution in [3.8, 4) is 0 Å². The van der Waals surface area contributed by atoms with Gasteiger partial charge in [0.05, 0.1) is 0 Å². The van der Waals surface area contributed by atoms with Gasteiger partial charge in [0.25, 0.3) is 0 Å². The van der Waals surface area contributed by atoms with Crippen LogP contribution in [0.25, 0.3) is 0 Å². The van der Waals surface area contributed by atoms with Crippen LogP contribution in [0.2, 0.25) is 0 Å². The first kappa shape index (κ1) is 14.1. The van der Waals surface area contributed by atoms with Gasteiger partial charge in [0.1, 0.15) is 11.6 Å². The van der Waals surface area contributed by atoms with Crippen LogP contribution in [0.5, 0.6) is 0 Å². The molecule has 1 saturated heterocycles. The Bertz CT molecular complexity index is 393. The first-order valence-electron chi connectivity index (χ1n) is 7.36. The van der Waals surface area contributed by atoms with Crippen LogP contribution in [0.1, 0.15) is 33.1 Å². The maximum absolute atomic E-state index is 4.61. The Balaban J connectivity index is 1.91. The van der Waals surface area contributed by atoms with Crippen molar-refractivity contribution in [2.24, 2.45) is 0 Å². The number of hydrogen-bond acceptors (Lipinski definition) is 4. The third kappa shape index (κ3) is 4.10. The van der Waals surface area contributed by atoms with E-state index >= 15 is 0 Å². The van der Waals surface area contributed by atoms with Gasteiger partial charge in [-0.05, 0) is 45.4 Å². The summed E-state index contributed by atoms with van der Waals surface area (Å²) in [5, 5.41) is 6.90. The van der Waals surface area contributed by atoms with Crippen molar-refractivity contribution in [3.63, 3.8) is 0 Å². The fraction of sp³-hybridized carbons (Fsp3) is 0.667. The lowest BCUT2D eigenvalue weighted by atomic mass is 9.99. The van der Waals surface area contributed by atoms with Crippen molar-refractivity contribution < 1.29 is 0 Å². The molecule has 106 valence electrons. The second-order valence-corrected chi connectivity index (χ2v) is 5.53. The average Bonchev–Trinajstić information content (AvgIpc) is 2.41. The van der Waals surface area contributed by atoms with Gasteiger partial charge in [-0.15, -0.1) is 0 Å². The molecule has 0 bridgehead atoms. The highest BCUT2D eigenvalue weighted by atomic mass is 15.2. The van der Waals surface area contributed by atoms with E-state index in [0.29, 0.717) is 12.1 Å². The summed E-state index contributed by atoms with van der Waals surface area (Å²) in [7, 11) is 2.20. The lowest BCUT2D eigenvalue weighted by molar-refractivity contribution is 0.190. The number of likely N-dealkylation sites (tertiary alicyclic amines) is 1. The van der Waals surface area contributed by atoms with Crippen molar-refractivity contribution in [2.45, 2.75) is 45.2 Å². The highest BCUT2D eigenvalue weighted by molar-refractivity contribution is 5.45. The van der Waals surface area contributed by atoms with Crippen LogP contribution >= 0.6 is 0 Å². The average molecular weight is 262 g/mol. The largest absolute Gasteiger partial charge is 0.370 e. The molecule has 2 N–H and O–H groups in total. The molecule has 0 aliphatic carbocycles. The van der Waals surface area contributed by atoms with Gasteiger partial charge in [-0.1, -0.05) is 13.0 Å². The molecule has 2 unspecified atom stereocenters. The maximum Gasteiger partial charge on any atom is 0.128 e. The van der Waals surface area contributed by atoms with Gasteiger partial charge >= 0.3 is 0 Å². The number of rotatable bonds is 5. The molecular weight excluding hydrogens is 236 g/mol. The molecular formula is C15H26N4. The number of nitrogens with one attached hydrogen (secondary N) is 2. The third-order valence-corrected chi connectivity index (χ3v) is 3.87. The highest BCUT2D eigenvalue weighted by Gasteiger charge is 2.22. The van der Waals surface area contributed by atoms with Gasteiger partial charge in [-0.3, -0.25) is 0 Å². The molecule has 2 atom stereocenters. The summed E-state index contributed by atoms with van der Waals surface area (Å²) in [6.07, 6.45) is 3.49. The van der Waals surface area contributed by atoms with E-state index in [1.165, 1.54) is 12.8 Å². The normalized spacial score (nSPS) is 24.2. The maximum atomic E-state index is 4.61. The molecule has 0 spiro atoms. The zero-order chi connectivity index (χ0) is 13.7. The van der Waals surface area contributed by atoms with Crippen molar-refractivity contribution in [3.05, 3.63) is 18.2 Å². The Morgan fingerprint density at radius 1 is 1.37 bits per heavy atom. The van der Waals surface area contributed by atoms with Crippen molar-refractivity contribution in [1.29, 1.82) is 0 Å². The number of nitrogens with zero attached hydrogens (tertiary/aromatic N) is 2. The monoisotopic (exact) mass is 262 g/mol. The molecule has 19 heavy (non-hydrogen) atoms. The van der Waals surface area contributed by atoms with E-state index in [1.807, 2.05) is 6.07 Å². The zero-order valence-electron chi connectivity index (χ0n) is 12.3. The molecule has 0 radical (unpaired) electrons. The summed E-state index contributed by atoms with van der Waals surface area (Å²) in [6.45, 7) is 6.59. The highest BCUT2D eigenvalue weighted by Crippen LogP contribution is 2.19. The number of hydrogen-bond donors (Lipinski definition) is 2. The number of anilines is 2. The molecule has 0 saturated carbocycles. The number of aromatic nitrogens is 1. The molecule has 1 fully saturated rings. The molecule has 0 aromatic carbocycles. The van der Waals surface area contributed by atoms with Crippen molar-refractivity contribution in [1.82, 2.24) is 9.88 Å². The zero-order valence-corrected chi connectivity index (χ0v) is 12.3. The minimum absolute atomic E-state index is 0.542. The SMILES string of the molecule is CCCNc1cccc(NC2CCN(C)C(C)C2)n1.